The van der Waals surface area contributed by atoms with E-state index < -0.39 is 17.9 Å². The smallest absolute Gasteiger partial charge is 0.348 e. The summed E-state index contributed by atoms with van der Waals surface area (Å²) >= 11 is 0. The van der Waals surface area contributed by atoms with Gasteiger partial charge in [0.2, 0.25) is 5.78 Å². The molecule has 0 N–H and O–H groups in total. The fourth-order valence-corrected chi connectivity index (χ4v) is 1.46. The first-order valence-electron chi connectivity index (χ1n) is 5.39. The predicted molar refractivity (Wildman–Crippen MR) is 61.8 cm³/mol. The van der Waals surface area contributed by atoms with Gasteiger partial charge >= 0.3 is 5.97 Å². The Kier molecular flexibility index (Phi) is 4.37. The number of carbonyl (C=O) groups excluding carboxylic acids is 2. The van der Waals surface area contributed by atoms with Crippen molar-refractivity contribution >= 4 is 11.8 Å². The summed E-state index contributed by atoms with van der Waals surface area (Å²) in [7, 11) is 0. The Morgan fingerprint density at radius 1 is 1.35 bits per heavy atom. The summed E-state index contributed by atoms with van der Waals surface area (Å²) in [5.41, 5.74) is 1.72. The zero-order chi connectivity index (χ0) is 13.0. The van der Waals surface area contributed by atoms with Crippen molar-refractivity contribution in [2.45, 2.75) is 26.9 Å². The van der Waals surface area contributed by atoms with Crippen molar-refractivity contribution in [3.8, 4) is 0 Å². The summed E-state index contributed by atoms with van der Waals surface area (Å²) in [6.45, 7) is 5.12. The molecule has 0 bridgehead atoms. The Labute approximate surface area is 99.6 Å². The molecule has 0 spiro atoms. The van der Waals surface area contributed by atoms with Crippen molar-refractivity contribution in [2.24, 2.45) is 0 Å². The number of rotatable bonds is 4. The van der Waals surface area contributed by atoms with Gasteiger partial charge in [-0.1, -0.05) is 17.7 Å². The fraction of sp³-hybridized carbons (Fsp3) is 0.385. The first-order valence-corrected chi connectivity index (χ1v) is 5.39. The highest BCUT2D eigenvalue weighted by molar-refractivity contribution is 6.11. The summed E-state index contributed by atoms with van der Waals surface area (Å²) in [4.78, 5) is 22.9. The van der Waals surface area contributed by atoms with Gasteiger partial charge in [0.1, 0.15) is 0 Å². The lowest BCUT2D eigenvalue weighted by Crippen LogP contribution is -2.28. The van der Waals surface area contributed by atoms with E-state index in [0.29, 0.717) is 5.56 Å². The van der Waals surface area contributed by atoms with Crippen LogP contribution in [-0.2, 0) is 9.53 Å². The number of ether oxygens (including phenoxy) is 1. The molecule has 0 aliphatic rings. The van der Waals surface area contributed by atoms with Crippen molar-refractivity contribution in [3.63, 3.8) is 0 Å². The SMILES string of the molecule is CCOC(=O)C(F)C(=O)c1cc(C)ccc1C. The van der Waals surface area contributed by atoms with Gasteiger partial charge in [0.15, 0.2) is 0 Å². The van der Waals surface area contributed by atoms with E-state index in [0.717, 1.165) is 5.56 Å². The summed E-state index contributed by atoms with van der Waals surface area (Å²) in [6.07, 6.45) is -2.24. The summed E-state index contributed by atoms with van der Waals surface area (Å²) in [5, 5.41) is 0. The maximum Gasteiger partial charge on any atom is 0.348 e. The average molecular weight is 238 g/mol. The van der Waals surface area contributed by atoms with Gasteiger partial charge in [-0.3, -0.25) is 4.79 Å². The lowest BCUT2D eigenvalue weighted by Gasteiger charge is -2.09. The van der Waals surface area contributed by atoms with Gasteiger partial charge in [0.25, 0.3) is 6.17 Å². The van der Waals surface area contributed by atoms with Crippen LogP contribution < -0.4 is 0 Å². The van der Waals surface area contributed by atoms with Crippen molar-refractivity contribution in [2.75, 3.05) is 6.61 Å². The molecule has 4 heteroatoms. The van der Waals surface area contributed by atoms with E-state index in [1.807, 2.05) is 6.07 Å². The lowest BCUT2D eigenvalue weighted by atomic mass is 9.99. The Bertz CT molecular complexity index is 440. The van der Waals surface area contributed by atoms with Crippen LogP contribution in [0.4, 0.5) is 4.39 Å². The number of alkyl halides is 1. The highest BCUT2D eigenvalue weighted by Gasteiger charge is 2.29. The molecule has 0 fully saturated rings. The number of carbonyl (C=O) groups is 2. The third-order valence-electron chi connectivity index (χ3n) is 2.38. The van der Waals surface area contributed by atoms with Crippen molar-refractivity contribution in [1.29, 1.82) is 0 Å². The van der Waals surface area contributed by atoms with E-state index in [-0.39, 0.29) is 12.2 Å². The van der Waals surface area contributed by atoms with Gasteiger partial charge in [0, 0.05) is 5.56 Å². The molecule has 1 rings (SSSR count). The van der Waals surface area contributed by atoms with Crippen molar-refractivity contribution < 1.29 is 18.7 Å². The van der Waals surface area contributed by atoms with Gasteiger partial charge in [-0.2, -0.15) is 0 Å². The van der Waals surface area contributed by atoms with Gasteiger partial charge in [-0.05, 0) is 32.4 Å². The molecule has 0 aliphatic carbocycles. The number of hydrogen-bond donors (Lipinski definition) is 0. The number of hydrogen-bond acceptors (Lipinski definition) is 3. The molecule has 0 heterocycles. The van der Waals surface area contributed by atoms with Crippen LogP contribution in [0.25, 0.3) is 0 Å². The third kappa shape index (κ3) is 3.12. The molecule has 1 atom stereocenters. The van der Waals surface area contributed by atoms with Gasteiger partial charge in [-0.15, -0.1) is 0 Å². The Morgan fingerprint density at radius 2 is 2.00 bits per heavy atom. The number of aryl methyl sites for hydroxylation is 2. The maximum absolute atomic E-state index is 13.6. The average Bonchev–Trinajstić information content (AvgIpc) is 2.30. The second kappa shape index (κ2) is 5.57. The molecule has 0 amide bonds. The van der Waals surface area contributed by atoms with E-state index in [4.69, 9.17) is 0 Å². The number of ketones is 1. The topological polar surface area (TPSA) is 43.4 Å². The van der Waals surface area contributed by atoms with Crippen LogP contribution in [0.15, 0.2) is 18.2 Å². The first-order chi connectivity index (χ1) is 7.97. The Balaban J connectivity index is 2.96. The summed E-state index contributed by atoms with van der Waals surface area (Å²) in [6, 6.07) is 5.12. The quantitative estimate of drug-likeness (QED) is 0.459. The largest absolute Gasteiger partial charge is 0.463 e. The van der Waals surface area contributed by atoms with Crippen LogP contribution in [0, 0.1) is 13.8 Å². The van der Waals surface area contributed by atoms with Crippen molar-refractivity contribution in [3.05, 3.63) is 34.9 Å². The van der Waals surface area contributed by atoms with E-state index in [1.54, 1.807) is 32.9 Å². The van der Waals surface area contributed by atoms with Crippen LogP contribution in [0.2, 0.25) is 0 Å². The Morgan fingerprint density at radius 3 is 2.59 bits per heavy atom. The number of Topliss-reactive ketones (excluding diaryl/α,β-unsaturated/α-hetero) is 1. The first kappa shape index (κ1) is 13.4. The molecule has 0 aromatic heterocycles. The normalized spacial score (nSPS) is 12.0. The summed E-state index contributed by atoms with van der Waals surface area (Å²) in [5.74, 6) is -1.97. The molecule has 0 radical (unpaired) electrons. The zero-order valence-electron chi connectivity index (χ0n) is 10.1. The molecule has 17 heavy (non-hydrogen) atoms. The second-order valence-electron chi connectivity index (χ2n) is 3.80. The molecular formula is C13H15FO3. The van der Waals surface area contributed by atoms with E-state index in [2.05, 4.69) is 4.74 Å². The minimum Gasteiger partial charge on any atom is -0.463 e. The standard InChI is InChI=1S/C13H15FO3/c1-4-17-13(16)11(14)12(15)10-7-8(2)5-6-9(10)3/h5-7,11H,4H2,1-3H3. The van der Waals surface area contributed by atoms with Gasteiger partial charge in [0.05, 0.1) is 6.61 Å². The molecule has 3 nitrogen and oxygen atoms in total. The highest BCUT2D eigenvalue weighted by atomic mass is 19.1. The predicted octanol–water partition coefficient (Wildman–Crippen LogP) is 2.39. The van der Waals surface area contributed by atoms with Crippen LogP contribution in [-0.4, -0.2) is 24.5 Å². The van der Waals surface area contributed by atoms with E-state index >= 15 is 0 Å². The number of esters is 1. The molecule has 92 valence electrons. The van der Waals surface area contributed by atoms with Crippen LogP contribution in [0.1, 0.15) is 28.4 Å². The molecule has 0 saturated carbocycles. The minimum atomic E-state index is -2.24. The zero-order valence-corrected chi connectivity index (χ0v) is 10.1. The maximum atomic E-state index is 13.6. The molecule has 1 aromatic carbocycles. The van der Waals surface area contributed by atoms with Crippen LogP contribution >= 0.6 is 0 Å². The van der Waals surface area contributed by atoms with Crippen LogP contribution in [0.3, 0.4) is 0 Å². The van der Waals surface area contributed by atoms with Gasteiger partial charge < -0.3 is 4.74 Å². The van der Waals surface area contributed by atoms with Crippen molar-refractivity contribution in [1.82, 2.24) is 0 Å². The fourth-order valence-electron chi connectivity index (χ4n) is 1.46. The number of halogens is 1. The molecule has 1 aromatic rings. The van der Waals surface area contributed by atoms with Gasteiger partial charge in [-0.25, -0.2) is 9.18 Å². The van der Waals surface area contributed by atoms with E-state index in [1.165, 1.54) is 0 Å². The molecule has 0 saturated heterocycles. The lowest BCUT2D eigenvalue weighted by molar-refractivity contribution is -0.147. The molecular weight excluding hydrogens is 223 g/mol. The number of benzene rings is 1. The minimum absolute atomic E-state index is 0.0549. The highest BCUT2D eigenvalue weighted by Crippen LogP contribution is 2.15. The second-order valence-corrected chi connectivity index (χ2v) is 3.80. The summed E-state index contributed by atoms with van der Waals surface area (Å²) < 4.78 is 18.0. The third-order valence-corrected chi connectivity index (χ3v) is 2.38. The Hall–Kier alpha value is -1.71. The monoisotopic (exact) mass is 238 g/mol. The van der Waals surface area contributed by atoms with Crippen LogP contribution in [0.5, 0.6) is 0 Å². The molecule has 1 unspecified atom stereocenters. The van der Waals surface area contributed by atoms with E-state index in [9.17, 15) is 14.0 Å². The molecule has 0 aliphatic heterocycles.